The van der Waals surface area contributed by atoms with Crippen molar-refractivity contribution in [3.63, 3.8) is 0 Å². The van der Waals surface area contributed by atoms with Crippen molar-refractivity contribution in [2.24, 2.45) is 0 Å². The Kier molecular flexibility index (Phi) is 6.20. The molecule has 4 heteroatoms. The van der Waals surface area contributed by atoms with E-state index in [1.807, 2.05) is 25.1 Å². The third kappa shape index (κ3) is 4.81. The topological polar surface area (TPSA) is 58.2 Å². The average molecular weight is 316 g/mol. The molecule has 2 amide bonds. The molecule has 1 aliphatic rings. The van der Waals surface area contributed by atoms with Crippen LogP contribution in [0.15, 0.2) is 18.2 Å². The van der Waals surface area contributed by atoms with Crippen molar-refractivity contribution in [3.05, 3.63) is 29.3 Å². The van der Waals surface area contributed by atoms with Gasteiger partial charge in [0.05, 0.1) is 0 Å². The van der Waals surface area contributed by atoms with Crippen LogP contribution in [0.2, 0.25) is 0 Å². The first-order valence-corrected chi connectivity index (χ1v) is 8.70. The lowest BCUT2D eigenvalue weighted by molar-refractivity contribution is -0.136. The highest BCUT2D eigenvalue weighted by atomic mass is 16.2. The smallest absolute Gasteiger partial charge is 0.313 e. The highest BCUT2D eigenvalue weighted by Crippen LogP contribution is 2.27. The van der Waals surface area contributed by atoms with E-state index >= 15 is 0 Å². The predicted octanol–water partition coefficient (Wildman–Crippen LogP) is 3.90. The molecule has 0 aliphatic heterocycles. The third-order valence-electron chi connectivity index (χ3n) is 4.56. The summed E-state index contributed by atoms with van der Waals surface area (Å²) in [6.45, 7) is 6.11. The lowest BCUT2D eigenvalue weighted by Gasteiger charge is -2.18. The highest BCUT2D eigenvalue weighted by Gasteiger charge is 2.21. The summed E-state index contributed by atoms with van der Waals surface area (Å²) in [6, 6.07) is 6.06. The quantitative estimate of drug-likeness (QED) is 0.656. The van der Waals surface area contributed by atoms with E-state index in [1.54, 1.807) is 0 Å². The Labute approximate surface area is 139 Å². The molecule has 1 aromatic carbocycles. The van der Waals surface area contributed by atoms with Crippen LogP contribution in [-0.4, -0.2) is 17.9 Å². The number of para-hydroxylation sites is 1. The van der Waals surface area contributed by atoms with Gasteiger partial charge in [0.2, 0.25) is 0 Å². The summed E-state index contributed by atoms with van der Waals surface area (Å²) >= 11 is 0. The summed E-state index contributed by atoms with van der Waals surface area (Å²) in [5.74, 6) is -0.796. The van der Waals surface area contributed by atoms with Crippen LogP contribution in [0.1, 0.15) is 69.4 Å². The fourth-order valence-electron chi connectivity index (χ4n) is 3.19. The minimum absolute atomic E-state index is 0.136. The number of anilines is 1. The van der Waals surface area contributed by atoms with Gasteiger partial charge in [-0.05, 0) is 36.8 Å². The molecule has 23 heavy (non-hydrogen) atoms. The maximum Gasteiger partial charge on any atom is 0.313 e. The summed E-state index contributed by atoms with van der Waals surface area (Å²) in [5.41, 5.74) is 2.80. The maximum absolute atomic E-state index is 12.3. The molecule has 0 aromatic heterocycles. The van der Waals surface area contributed by atoms with Crippen LogP contribution >= 0.6 is 0 Å². The van der Waals surface area contributed by atoms with E-state index in [4.69, 9.17) is 0 Å². The molecule has 0 atom stereocenters. The van der Waals surface area contributed by atoms with Crippen molar-refractivity contribution in [2.45, 2.75) is 71.3 Å². The molecule has 2 rings (SSSR count). The number of rotatable bonds is 3. The number of aryl methyl sites for hydroxylation is 1. The van der Waals surface area contributed by atoms with Crippen molar-refractivity contribution in [2.75, 3.05) is 5.32 Å². The molecule has 1 fully saturated rings. The Bertz CT molecular complexity index is 558. The van der Waals surface area contributed by atoms with Gasteiger partial charge >= 0.3 is 11.8 Å². The fraction of sp³-hybridized carbons (Fsp3) is 0.579. The Morgan fingerprint density at radius 2 is 1.70 bits per heavy atom. The van der Waals surface area contributed by atoms with Gasteiger partial charge in [-0.2, -0.15) is 0 Å². The summed E-state index contributed by atoms with van der Waals surface area (Å²) in [6.07, 6.45) is 6.64. The van der Waals surface area contributed by atoms with Crippen LogP contribution in [-0.2, 0) is 9.59 Å². The van der Waals surface area contributed by atoms with Gasteiger partial charge in [0.25, 0.3) is 0 Å². The molecular weight excluding hydrogens is 288 g/mol. The van der Waals surface area contributed by atoms with Gasteiger partial charge in [-0.25, -0.2) is 0 Å². The monoisotopic (exact) mass is 316 g/mol. The zero-order valence-corrected chi connectivity index (χ0v) is 14.4. The molecule has 0 unspecified atom stereocenters. The van der Waals surface area contributed by atoms with Crippen molar-refractivity contribution < 1.29 is 9.59 Å². The lowest BCUT2D eigenvalue weighted by Crippen LogP contribution is -2.41. The first-order chi connectivity index (χ1) is 11.0. The van der Waals surface area contributed by atoms with Gasteiger partial charge in [-0.1, -0.05) is 57.7 Å². The molecule has 1 aromatic rings. The highest BCUT2D eigenvalue weighted by molar-refractivity contribution is 6.39. The number of hydrogen-bond donors (Lipinski definition) is 2. The van der Waals surface area contributed by atoms with Crippen molar-refractivity contribution in [1.29, 1.82) is 0 Å². The Morgan fingerprint density at radius 1 is 1.04 bits per heavy atom. The predicted molar refractivity (Wildman–Crippen MR) is 93.5 cm³/mol. The SMILES string of the molecule is Cc1cccc(C(C)C)c1NC(=O)C(=O)NC1CCCCCC1. The summed E-state index contributed by atoms with van der Waals surface area (Å²) in [7, 11) is 0. The number of carbonyl (C=O) groups is 2. The zero-order valence-electron chi connectivity index (χ0n) is 14.4. The van der Waals surface area contributed by atoms with E-state index in [-0.39, 0.29) is 12.0 Å². The minimum Gasteiger partial charge on any atom is -0.345 e. The van der Waals surface area contributed by atoms with Gasteiger partial charge in [-0.3, -0.25) is 9.59 Å². The van der Waals surface area contributed by atoms with Crippen molar-refractivity contribution in [3.8, 4) is 0 Å². The van der Waals surface area contributed by atoms with E-state index in [0.29, 0.717) is 0 Å². The largest absolute Gasteiger partial charge is 0.345 e. The molecule has 0 heterocycles. The Hall–Kier alpha value is -1.84. The van der Waals surface area contributed by atoms with Crippen LogP contribution in [0.25, 0.3) is 0 Å². The number of carbonyl (C=O) groups excluding carboxylic acids is 2. The molecule has 4 nitrogen and oxygen atoms in total. The molecule has 2 N–H and O–H groups in total. The Morgan fingerprint density at radius 3 is 2.30 bits per heavy atom. The third-order valence-corrected chi connectivity index (χ3v) is 4.56. The van der Waals surface area contributed by atoms with Crippen LogP contribution in [0.3, 0.4) is 0 Å². The maximum atomic E-state index is 12.3. The molecule has 126 valence electrons. The summed E-state index contributed by atoms with van der Waals surface area (Å²) in [5, 5.41) is 5.71. The normalized spacial score (nSPS) is 16.0. The van der Waals surface area contributed by atoms with Crippen molar-refractivity contribution in [1.82, 2.24) is 5.32 Å². The molecule has 1 aliphatic carbocycles. The first-order valence-electron chi connectivity index (χ1n) is 8.70. The lowest BCUT2D eigenvalue weighted by atomic mass is 9.98. The van der Waals surface area contributed by atoms with Gasteiger partial charge in [0.15, 0.2) is 0 Å². The van der Waals surface area contributed by atoms with E-state index in [9.17, 15) is 9.59 Å². The Balaban J connectivity index is 2.02. The second kappa shape index (κ2) is 8.14. The second-order valence-corrected chi connectivity index (χ2v) is 6.81. The van der Waals surface area contributed by atoms with E-state index < -0.39 is 11.8 Å². The van der Waals surface area contributed by atoms with Crippen LogP contribution in [0.5, 0.6) is 0 Å². The van der Waals surface area contributed by atoms with Crippen LogP contribution in [0.4, 0.5) is 5.69 Å². The van der Waals surface area contributed by atoms with Gasteiger partial charge in [-0.15, -0.1) is 0 Å². The number of hydrogen-bond acceptors (Lipinski definition) is 2. The second-order valence-electron chi connectivity index (χ2n) is 6.81. The molecular formula is C19H28N2O2. The van der Waals surface area contributed by atoms with E-state index in [0.717, 1.165) is 42.5 Å². The van der Waals surface area contributed by atoms with E-state index in [2.05, 4.69) is 24.5 Å². The summed E-state index contributed by atoms with van der Waals surface area (Å²) < 4.78 is 0. The zero-order chi connectivity index (χ0) is 16.8. The average Bonchev–Trinajstić information content (AvgIpc) is 2.77. The molecule has 0 spiro atoms. The van der Waals surface area contributed by atoms with E-state index in [1.165, 1.54) is 12.8 Å². The number of benzene rings is 1. The van der Waals surface area contributed by atoms with Crippen LogP contribution < -0.4 is 10.6 Å². The van der Waals surface area contributed by atoms with Gasteiger partial charge in [0, 0.05) is 11.7 Å². The van der Waals surface area contributed by atoms with Crippen LogP contribution in [0, 0.1) is 6.92 Å². The first kappa shape index (κ1) is 17.5. The molecule has 0 radical (unpaired) electrons. The van der Waals surface area contributed by atoms with Gasteiger partial charge in [0.1, 0.15) is 0 Å². The molecule has 0 bridgehead atoms. The fourth-order valence-corrected chi connectivity index (χ4v) is 3.19. The standard InChI is InChI=1S/C19H28N2O2/c1-13(2)16-12-8-9-14(3)17(16)21-19(23)18(22)20-15-10-6-4-5-7-11-15/h8-9,12-13,15H,4-7,10-11H2,1-3H3,(H,20,22)(H,21,23). The van der Waals surface area contributed by atoms with Gasteiger partial charge < -0.3 is 10.6 Å². The summed E-state index contributed by atoms with van der Waals surface area (Å²) in [4.78, 5) is 24.5. The van der Waals surface area contributed by atoms with Crippen molar-refractivity contribution >= 4 is 17.5 Å². The molecule has 0 saturated heterocycles. The molecule has 1 saturated carbocycles. The number of amides is 2. The minimum atomic E-state index is -0.564. The number of nitrogens with one attached hydrogen (secondary N) is 2.